The number of hydrogen-bond donors (Lipinski definition) is 1. The highest BCUT2D eigenvalue weighted by atomic mass is 16.5. The highest BCUT2D eigenvalue weighted by Gasteiger charge is 2.20. The van der Waals surface area contributed by atoms with Crippen molar-refractivity contribution in [2.24, 2.45) is 5.41 Å². The summed E-state index contributed by atoms with van der Waals surface area (Å²) in [5.41, 5.74) is -0.370. The van der Waals surface area contributed by atoms with E-state index in [1.165, 1.54) is 6.92 Å². The normalized spacial score (nSPS) is 11.3. The zero-order valence-corrected chi connectivity index (χ0v) is 11.2. The lowest BCUT2D eigenvalue weighted by atomic mass is 9.96. The van der Waals surface area contributed by atoms with E-state index in [0.29, 0.717) is 26.4 Å². The number of amides is 1. The van der Waals surface area contributed by atoms with E-state index in [-0.39, 0.29) is 23.7 Å². The minimum Gasteiger partial charge on any atom is -0.377 e. The summed E-state index contributed by atoms with van der Waals surface area (Å²) in [5, 5.41) is 2.77. The van der Waals surface area contributed by atoms with Gasteiger partial charge in [0.1, 0.15) is 6.61 Å². The van der Waals surface area contributed by atoms with Crippen LogP contribution in [0.1, 0.15) is 27.7 Å². The fraction of sp³-hybridized carbons (Fsp3) is 0.833. The topological polar surface area (TPSA) is 64.6 Å². The molecule has 0 aliphatic carbocycles. The molecule has 0 saturated heterocycles. The Morgan fingerprint density at radius 2 is 1.65 bits per heavy atom. The number of Topliss-reactive ketones (excluding diaryl/α,β-unsaturated/α-hetero) is 1. The minimum atomic E-state index is -0.370. The molecule has 1 amide bonds. The quantitative estimate of drug-likeness (QED) is 0.642. The molecule has 0 spiro atoms. The van der Waals surface area contributed by atoms with Crippen molar-refractivity contribution in [1.29, 1.82) is 0 Å². The van der Waals surface area contributed by atoms with Gasteiger partial charge in [-0.15, -0.1) is 0 Å². The van der Waals surface area contributed by atoms with E-state index in [1.807, 2.05) is 20.8 Å². The Bertz CT molecular complexity index is 245. The SMILES string of the molecule is CC(=O)COCCOCCNC(=O)C(C)(C)C. The third-order valence-corrected chi connectivity index (χ3v) is 1.89. The van der Waals surface area contributed by atoms with Crippen molar-refractivity contribution in [2.75, 3.05) is 33.0 Å². The molecule has 1 N–H and O–H groups in total. The van der Waals surface area contributed by atoms with Gasteiger partial charge in [0.15, 0.2) is 5.78 Å². The number of rotatable bonds is 8. The highest BCUT2D eigenvalue weighted by Crippen LogP contribution is 2.11. The average Bonchev–Trinajstić information content (AvgIpc) is 2.19. The Labute approximate surface area is 103 Å². The molecule has 0 atom stereocenters. The Morgan fingerprint density at radius 3 is 2.18 bits per heavy atom. The van der Waals surface area contributed by atoms with Crippen LogP contribution in [0.4, 0.5) is 0 Å². The molecule has 17 heavy (non-hydrogen) atoms. The van der Waals surface area contributed by atoms with Crippen molar-refractivity contribution in [3.05, 3.63) is 0 Å². The van der Waals surface area contributed by atoms with Gasteiger partial charge in [0.05, 0.1) is 19.8 Å². The lowest BCUT2D eigenvalue weighted by Gasteiger charge is -2.17. The van der Waals surface area contributed by atoms with Gasteiger partial charge in [0, 0.05) is 12.0 Å². The molecule has 0 aliphatic heterocycles. The largest absolute Gasteiger partial charge is 0.377 e. The molecule has 0 rings (SSSR count). The van der Waals surface area contributed by atoms with Crippen LogP contribution in [-0.4, -0.2) is 44.7 Å². The lowest BCUT2D eigenvalue weighted by Crippen LogP contribution is -2.36. The van der Waals surface area contributed by atoms with Gasteiger partial charge < -0.3 is 14.8 Å². The van der Waals surface area contributed by atoms with Crippen molar-refractivity contribution >= 4 is 11.7 Å². The summed E-state index contributed by atoms with van der Waals surface area (Å²) in [6.07, 6.45) is 0. The third kappa shape index (κ3) is 9.96. The van der Waals surface area contributed by atoms with Crippen LogP contribution in [0.2, 0.25) is 0 Å². The van der Waals surface area contributed by atoms with Crippen LogP contribution in [0.25, 0.3) is 0 Å². The summed E-state index contributed by atoms with van der Waals surface area (Å²) < 4.78 is 10.2. The van der Waals surface area contributed by atoms with E-state index in [4.69, 9.17) is 9.47 Å². The molecular formula is C12H23NO4. The van der Waals surface area contributed by atoms with Gasteiger partial charge in [-0.1, -0.05) is 20.8 Å². The van der Waals surface area contributed by atoms with Crippen molar-refractivity contribution in [3.8, 4) is 0 Å². The second-order valence-electron chi connectivity index (χ2n) is 4.87. The first kappa shape index (κ1) is 16.1. The van der Waals surface area contributed by atoms with E-state index >= 15 is 0 Å². The van der Waals surface area contributed by atoms with Crippen molar-refractivity contribution < 1.29 is 19.1 Å². The van der Waals surface area contributed by atoms with Crippen LogP contribution >= 0.6 is 0 Å². The van der Waals surface area contributed by atoms with Crippen LogP contribution in [0.3, 0.4) is 0 Å². The Balaban J connectivity index is 3.30. The van der Waals surface area contributed by atoms with Crippen LogP contribution < -0.4 is 5.32 Å². The monoisotopic (exact) mass is 245 g/mol. The number of carbonyl (C=O) groups is 2. The van der Waals surface area contributed by atoms with Gasteiger partial charge in [-0.25, -0.2) is 0 Å². The summed E-state index contributed by atoms with van der Waals surface area (Å²) in [5.74, 6) is 0.0105. The van der Waals surface area contributed by atoms with Crippen LogP contribution in [-0.2, 0) is 19.1 Å². The Kier molecular flexibility index (Phi) is 7.74. The molecule has 0 bridgehead atoms. The maximum atomic E-state index is 11.4. The molecule has 0 radical (unpaired) electrons. The minimum absolute atomic E-state index is 0.00226. The molecule has 0 saturated carbocycles. The van der Waals surface area contributed by atoms with Crippen LogP contribution in [0.15, 0.2) is 0 Å². The number of carbonyl (C=O) groups excluding carboxylic acids is 2. The predicted molar refractivity (Wildman–Crippen MR) is 64.8 cm³/mol. The summed E-state index contributed by atoms with van der Waals surface area (Å²) in [7, 11) is 0. The van der Waals surface area contributed by atoms with Gasteiger partial charge in [-0.2, -0.15) is 0 Å². The lowest BCUT2D eigenvalue weighted by molar-refractivity contribution is -0.128. The second kappa shape index (κ2) is 8.20. The smallest absolute Gasteiger partial charge is 0.225 e. The van der Waals surface area contributed by atoms with Gasteiger partial charge in [0.25, 0.3) is 0 Å². The molecule has 100 valence electrons. The van der Waals surface area contributed by atoms with Gasteiger partial charge >= 0.3 is 0 Å². The number of ether oxygens (including phenoxy) is 2. The van der Waals surface area contributed by atoms with Gasteiger partial charge in [-0.05, 0) is 6.92 Å². The van der Waals surface area contributed by atoms with Crippen molar-refractivity contribution in [2.45, 2.75) is 27.7 Å². The third-order valence-electron chi connectivity index (χ3n) is 1.89. The molecule has 5 nitrogen and oxygen atoms in total. The maximum Gasteiger partial charge on any atom is 0.225 e. The van der Waals surface area contributed by atoms with Gasteiger partial charge in [-0.3, -0.25) is 9.59 Å². The molecular weight excluding hydrogens is 222 g/mol. The predicted octanol–water partition coefficient (Wildman–Crippen LogP) is 0.771. The standard InChI is InChI=1S/C12H23NO4/c1-10(14)9-17-8-7-16-6-5-13-11(15)12(2,3)4/h5-9H2,1-4H3,(H,13,15). The van der Waals surface area contributed by atoms with Crippen molar-refractivity contribution in [3.63, 3.8) is 0 Å². The van der Waals surface area contributed by atoms with Crippen LogP contribution in [0, 0.1) is 5.41 Å². The Hall–Kier alpha value is -0.940. The van der Waals surface area contributed by atoms with E-state index in [2.05, 4.69) is 5.32 Å². The van der Waals surface area contributed by atoms with E-state index < -0.39 is 0 Å². The number of ketones is 1. The summed E-state index contributed by atoms with van der Waals surface area (Å²) in [6.45, 7) is 8.95. The molecule has 0 heterocycles. The second-order valence-corrected chi connectivity index (χ2v) is 4.87. The van der Waals surface area contributed by atoms with Crippen molar-refractivity contribution in [1.82, 2.24) is 5.32 Å². The summed E-state index contributed by atoms with van der Waals surface area (Å²) >= 11 is 0. The fourth-order valence-corrected chi connectivity index (χ4v) is 0.938. The molecule has 0 aromatic heterocycles. The first-order valence-electron chi connectivity index (χ1n) is 5.77. The zero-order chi connectivity index (χ0) is 13.3. The van der Waals surface area contributed by atoms with E-state index in [9.17, 15) is 9.59 Å². The Morgan fingerprint density at radius 1 is 1.06 bits per heavy atom. The number of hydrogen-bond acceptors (Lipinski definition) is 4. The van der Waals surface area contributed by atoms with E-state index in [1.54, 1.807) is 0 Å². The summed E-state index contributed by atoms with van der Waals surface area (Å²) in [4.78, 5) is 22.0. The van der Waals surface area contributed by atoms with Gasteiger partial charge in [0.2, 0.25) is 5.91 Å². The average molecular weight is 245 g/mol. The first-order chi connectivity index (χ1) is 7.84. The molecule has 0 unspecified atom stereocenters. The first-order valence-corrected chi connectivity index (χ1v) is 5.77. The molecule has 0 aliphatic rings. The molecule has 5 heteroatoms. The fourth-order valence-electron chi connectivity index (χ4n) is 0.938. The zero-order valence-electron chi connectivity index (χ0n) is 11.2. The molecule has 0 fully saturated rings. The molecule has 0 aromatic rings. The summed E-state index contributed by atoms with van der Waals surface area (Å²) in [6, 6.07) is 0. The number of nitrogens with one attached hydrogen (secondary N) is 1. The maximum absolute atomic E-state index is 11.4. The molecule has 0 aromatic carbocycles. The highest BCUT2D eigenvalue weighted by molar-refractivity contribution is 5.81. The van der Waals surface area contributed by atoms with Crippen LogP contribution in [0.5, 0.6) is 0 Å². The van der Waals surface area contributed by atoms with E-state index in [0.717, 1.165) is 0 Å².